The van der Waals surface area contributed by atoms with E-state index in [1.54, 1.807) is 36.4 Å². The molecule has 0 aliphatic carbocycles. The number of nitrogens with one attached hydrogen (secondary N) is 1. The maximum absolute atomic E-state index is 14.5. The molecule has 0 saturated carbocycles. The summed E-state index contributed by atoms with van der Waals surface area (Å²) in [7, 11) is -2.65. The highest BCUT2D eigenvalue weighted by Gasteiger charge is 2.35. The second-order valence-electron chi connectivity index (χ2n) is 11.1. The maximum Gasteiger partial charge on any atom is 0.264 e. The van der Waals surface area contributed by atoms with Gasteiger partial charge >= 0.3 is 0 Å². The minimum Gasteiger partial charge on any atom is -0.497 e. The van der Waals surface area contributed by atoms with E-state index in [-0.39, 0.29) is 29.8 Å². The summed E-state index contributed by atoms with van der Waals surface area (Å²) in [6.45, 7) is 5.37. The molecule has 0 fully saturated rings. The Labute approximate surface area is 266 Å². The van der Waals surface area contributed by atoms with Crippen LogP contribution in [0.2, 0.25) is 0 Å². The van der Waals surface area contributed by atoms with Crippen molar-refractivity contribution in [3.05, 3.63) is 126 Å². The van der Waals surface area contributed by atoms with Crippen LogP contribution < -0.4 is 14.4 Å². The fourth-order valence-electron chi connectivity index (χ4n) is 4.89. The molecule has 0 bridgehead atoms. The number of nitrogens with zero attached hydrogens (tertiary/aromatic N) is 2. The number of rotatable bonds is 14. The van der Waals surface area contributed by atoms with E-state index in [1.807, 2.05) is 81.4 Å². The Balaban J connectivity index is 1.79. The smallest absolute Gasteiger partial charge is 0.264 e. The zero-order chi connectivity index (χ0) is 32.4. The van der Waals surface area contributed by atoms with E-state index in [0.29, 0.717) is 11.4 Å². The number of ether oxygens (including phenoxy) is 1. The number of hydrogen-bond acceptors (Lipinski definition) is 5. The van der Waals surface area contributed by atoms with Crippen LogP contribution in [0.15, 0.2) is 114 Å². The van der Waals surface area contributed by atoms with E-state index in [9.17, 15) is 18.0 Å². The van der Waals surface area contributed by atoms with Gasteiger partial charge in [-0.3, -0.25) is 13.9 Å². The molecule has 0 unspecified atom stereocenters. The van der Waals surface area contributed by atoms with Crippen LogP contribution in [0.25, 0.3) is 0 Å². The first-order chi connectivity index (χ1) is 21.6. The summed E-state index contributed by atoms with van der Waals surface area (Å²) in [5.74, 6) is -0.256. The Morgan fingerprint density at radius 3 is 1.96 bits per heavy atom. The largest absolute Gasteiger partial charge is 0.497 e. The van der Waals surface area contributed by atoms with Gasteiger partial charge in [0.25, 0.3) is 10.0 Å². The second-order valence-corrected chi connectivity index (χ2v) is 12.9. The Hall–Kier alpha value is -4.63. The number of sulfonamides is 1. The fraction of sp³-hybridized carbons (Fsp3) is 0.278. The van der Waals surface area contributed by atoms with Crippen molar-refractivity contribution in [2.75, 3.05) is 18.0 Å². The Kier molecular flexibility index (Phi) is 11.4. The molecule has 2 amide bonds. The third-order valence-corrected chi connectivity index (χ3v) is 9.50. The highest BCUT2D eigenvalue weighted by atomic mass is 32.2. The van der Waals surface area contributed by atoms with Crippen molar-refractivity contribution in [3.8, 4) is 5.75 Å². The van der Waals surface area contributed by atoms with E-state index >= 15 is 0 Å². The van der Waals surface area contributed by atoms with Crippen molar-refractivity contribution >= 4 is 27.5 Å². The molecular weight excluding hydrogens is 586 g/mol. The minimum absolute atomic E-state index is 0.0571. The molecule has 0 spiro atoms. The molecule has 4 rings (SSSR count). The topological polar surface area (TPSA) is 96.0 Å². The first-order valence-electron chi connectivity index (χ1n) is 15.0. The van der Waals surface area contributed by atoms with Gasteiger partial charge in [-0.05, 0) is 67.8 Å². The quantitative estimate of drug-likeness (QED) is 0.192. The average Bonchev–Trinajstić information content (AvgIpc) is 3.06. The van der Waals surface area contributed by atoms with Crippen molar-refractivity contribution in [1.82, 2.24) is 10.2 Å². The molecule has 0 aliphatic rings. The first kappa shape index (κ1) is 33.3. The van der Waals surface area contributed by atoms with E-state index in [4.69, 9.17) is 4.74 Å². The molecule has 1 N–H and O–H groups in total. The predicted molar refractivity (Wildman–Crippen MR) is 178 cm³/mol. The molecule has 236 valence electrons. The summed E-state index contributed by atoms with van der Waals surface area (Å²) in [6, 6.07) is 30.9. The van der Waals surface area contributed by atoms with Gasteiger partial charge in [0.15, 0.2) is 0 Å². The summed E-state index contributed by atoms with van der Waals surface area (Å²) in [6.07, 6.45) is 0.978. The van der Waals surface area contributed by atoms with Crippen molar-refractivity contribution in [3.63, 3.8) is 0 Å². The molecule has 4 aromatic carbocycles. The summed E-state index contributed by atoms with van der Waals surface area (Å²) in [5.41, 5.74) is 2.91. The van der Waals surface area contributed by atoms with Crippen molar-refractivity contribution in [2.24, 2.45) is 0 Å². The molecular formula is C36H41N3O5S. The summed E-state index contributed by atoms with van der Waals surface area (Å²) in [5, 5.41) is 3.05. The lowest BCUT2D eigenvalue weighted by atomic mass is 10.0. The van der Waals surface area contributed by atoms with Crippen LogP contribution in [0.4, 0.5) is 5.69 Å². The van der Waals surface area contributed by atoms with Crippen molar-refractivity contribution in [2.45, 2.75) is 57.1 Å². The number of aryl methyl sites for hydroxylation is 1. The Bertz CT molecular complexity index is 1640. The number of carbonyl (C=O) groups excluding carboxylic acids is 2. The third-order valence-electron chi connectivity index (χ3n) is 7.72. The summed E-state index contributed by atoms with van der Waals surface area (Å²) in [4.78, 5) is 29.9. The van der Waals surface area contributed by atoms with Gasteiger partial charge in [0.1, 0.15) is 18.3 Å². The predicted octanol–water partition coefficient (Wildman–Crippen LogP) is 5.75. The van der Waals surface area contributed by atoms with Crippen LogP contribution in [-0.2, 0) is 32.6 Å². The molecule has 0 radical (unpaired) electrons. The van der Waals surface area contributed by atoms with E-state index < -0.39 is 28.5 Å². The van der Waals surface area contributed by atoms with Gasteiger partial charge in [0.2, 0.25) is 11.8 Å². The van der Waals surface area contributed by atoms with E-state index in [0.717, 1.165) is 27.4 Å². The van der Waals surface area contributed by atoms with Gasteiger partial charge in [-0.25, -0.2) is 8.42 Å². The van der Waals surface area contributed by atoms with Crippen LogP contribution in [0, 0.1) is 6.92 Å². The number of benzene rings is 4. The van der Waals surface area contributed by atoms with Gasteiger partial charge in [-0.1, -0.05) is 85.3 Å². The zero-order valence-electron chi connectivity index (χ0n) is 26.2. The highest BCUT2D eigenvalue weighted by Crippen LogP contribution is 2.27. The van der Waals surface area contributed by atoms with Gasteiger partial charge < -0.3 is 15.0 Å². The number of amides is 2. The van der Waals surface area contributed by atoms with Crippen molar-refractivity contribution in [1.29, 1.82) is 0 Å². The SMILES string of the molecule is CC[C@@H](C)NC(=O)[C@@H](Cc1ccccc1)N(Cc1ccccc1)C(=O)CN(c1ccc(OC)cc1)S(=O)(=O)c1ccc(C)cc1. The lowest BCUT2D eigenvalue weighted by Gasteiger charge is -2.34. The monoisotopic (exact) mass is 627 g/mol. The molecule has 9 heteroatoms. The lowest BCUT2D eigenvalue weighted by molar-refractivity contribution is -0.140. The first-order valence-corrected chi connectivity index (χ1v) is 16.5. The number of hydrogen-bond donors (Lipinski definition) is 1. The molecule has 4 aromatic rings. The number of methoxy groups -OCH3 is 1. The molecule has 0 aliphatic heterocycles. The minimum atomic E-state index is -4.18. The van der Waals surface area contributed by atoms with E-state index in [2.05, 4.69) is 5.32 Å². The third kappa shape index (κ3) is 8.73. The van der Waals surface area contributed by atoms with Crippen LogP contribution in [-0.4, -0.2) is 50.9 Å². The zero-order valence-corrected chi connectivity index (χ0v) is 27.0. The molecule has 45 heavy (non-hydrogen) atoms. The van der Waals surface area contributed by atoms with Gasteiger partial charge in [0, 0.05) is 19.0 Å². The standard InChI is InChI=1S/C36H41N3O5S/c1-5-28(3)37-36(41)34(24-29-12-8-6-9-13-29)38(25-30-14-10-7-11-15-30)35(40)26-39(31-18-20-32(44-4)21-19-31)45(42,43)33-22-16-27(2)17-23-33/h6-23,28,34H,5,24-26H2,1-4H3,(H,37,41)/t28-,34-/m1/s1. The highest BCUT2D eigenvalue weighted by molar-refractivity contribution is 7.92. The van der Waals surface area contributed by atoms with Crippen molar-refractivity contribution < 1.29 is 22.7 Å². The van der Waals surface area contributed by atoms with Gasteiger partial charge in [0.05, 0.1) is 17.7 Å². The molecule has 0 heterocycles. The second kappa shape index (κ2) is 15.4. The van der Waals surface area contributed by atoms with E-state index in [1.165, 1.54) is 24.1 Å². The average molecular weight is 628 g/mol. The Morgan fingerprint density at radius 2 is 1.40 bits per heavy atom. The van der Waals surface area contributed by atoms with Crippen LogP contribution in [0.5, 0.6) is 5.75 Å². The normalized spacial score (nSPS) is 12.5. The molecule has 0 saturated heterocycles. The maximum atomic E-state index is 14.5. The van der Waals surface area contributed by atoms with Crippen LogP contribution >= 0.6 is 0 Å². The van der Waals surface area contributed by atoms with Gasteiger partial charge in [-0.15, -0.1) is 0 Å². The van der Waals surface area contributed by atoms with Gasteiger partial charge in [-0.2, -0.15) is 0 Å². The molecule has 0 aromatic heterocycles. The summed E-state index contributed by atoms with van der Waals surface area (Å²) < 4.78 is 34.7. The number of anilines is 1. The summed E-state index contributed by atoms with van der Waals surface area (Å²) >= 11 is 0. The number of carbonyl (C=O) groups is 2. The van der Waals surface area contributed by atoms with Crippen LogP contribution in [0.3, 0.4) is 0 Å². The molecule has 2 atom stereocenters. The molecule has 8 nitrogen and oxygen atoms in total. The fourth-order valence-corrected chi connectivity index (χ4v) is 6.30. The van der Waals surface area contributed by atoms with Crippen LogP contribution in [0.1, 0.15) is 37.0 Å². The lowest BCUT2D eigenvalue weighted by Crippen LogP contribution is -2.54. The Morgan fingerprint density at radius 1 is 0.822 bits per heavy atom.